The number of aryl methyl sites for hydroxylation is 1. The van der Waals surface area contributed by atoms with Crippen LogP contribution < -0.4 is 10.5 Å². The summed E-state index contributed by atoms with van der Waals surface area (Å²) in [6.45, 7) is 2.56. The Bertz CT molecular complexity index is 1060. The Labute approximate surface area is 157 Å². The number of hydrogen-bond donors (Lipinski definition) is 2. The predicted octanol–water partition coefficient (Wildman–Crippen LogP) is 5.26. The molecule has 25 heavy (non-hydrogen) atoms. The van der Waals surface area contributed by atoms with Gasteiger partial charge in [-0.1, -0.05) is 0 Å². The average molecular weight is 386 g/mol. The van der Waals surface area contributed by atoms with Gasteiger partial charge in [-0.15, -0.1) is 34.0 Å². The van der Waals surface area contributed by atoms with Crippen LogP contribution in [0.1, 0.15) is 14.8 Å². The van der Waals surface area contributed by atoms with Crippen molar-refractivity contribution < 1.29 is 4.74 Å². The standard InChI is InChI=1S/C18H15N3OS3/c1-10-21-8-17(23-10)14-5-4-13(24-14)9-22-12-3-2-11-6-16(18(19)20)25-15(11)7-12/h2-8H,9H2,1H3,(H3,19,20). The third-order valence-corrected chi connectivity index (χ3v) is 6.96. The van der Waals surface area contributed by atoms with Gasteiger partial charge in [-0.2, -0.15) is 0 Å². The number of rotatable bonds is 5. The Balaban J connectivity index is 1.48. The highest BCUT2D eigenvalue weighted by Crippen LogP contribution is 2.33. The van der Waals surface area contributed by atoms with Gasteiger partial charge in [0.15, 0.2) is 0 Å². The summed E-state index contributed by atoms with van der Waals surface area (Å²) in [4.78, 5) is 8.70. The van der Waals surface area contributed by atoms with Crippen LogP contribution in [0.25, 0.3) is 19.8 Å². The van der Waals surface area contributed by atoms with Gasteiger partial charge in [-0.25, -0.2) is 4.98 Å². The summed E-state index contributed by atoms with van der Waals surface area (Å²) in [5.74, 6) is 0.932. The summed E-state index contributed by atoms with van der Waals surface area (Å²) in [6.07, 6.45) is 1.92. The van der Waals surface area contributed by atoms with Crippen LogP contribution in [0.15, 0.2) is 42.6 Å². The highest BCUT2D eigenvalue weighted by atomic mass is 32.1. The molecular formula is C18H15N3OS3. The molecule has 0 amide bonds. The molecule has 0 unspecified atom stereocenters. The molecule has 0 radical (unpaired) electrons. The van der Waals surface area contributed by atoms with Crippen molar-refractivity contribution in [2.24, 2.45) is 5.73 Å². The molecular weight excluding hydrogens is 370 g/mol. The Hall–Kier alpha value is -2.22. The van der Waals surface area contributed by atoms with Crippen LogP contribution in [0, 0.1) is 12.3 Å². The van der Waals surface area contributed by atoms with Crippen molar-refractivity contribution >= 4 is 49.9 Å². The SMILES string of the molecule is Cc1ncc(-c2ccc(COc3ccc4cc(C(=N)N)sc4c3)s2)s1. The van der Waals surface area contributed by atoms with E-state index in [0.717, 1.165) is 25.7 Å². The molecule has 0 spiro atoms. The topological polar surface area (TPSA) is 72.0 Å². The Kier molecular flexibility index (Phi) is 4.29. The number of aromatic nitrogens is 1. The summed E-state index contributed by atoms with van der Waals surface area (Å²) in [5.41, 5.74) is 5.56. The molecule has 0 aliphatic rings. The molecule has 1 aromatic carbocycles. The highest BCUT2D eigenvalue weighted by Gasteiger charge is 2.08. The molecule has 3 N–H and O–H groups in total. The third kappa shape index (κ3) is 3.44. The summed E-state index contributed by atoms with van der Waals surface area (Å²) in [5, 5.41) is 9.71. The van der Waals surface area contributed by atoms with Crippen LogP contribution in [0.5, 0.6) is 5.75 Å². The van der Waals surface area contributed by atoms with Gasteiger partial charge in [0, 0.05) is 20.7 Å². The first-order chi connectivity index (χ1) is 12.1. The maximum Gasteiger partial charge on any atom is 0.133 e. The molecule has 4 rings (SSSR count). The summed E-state index contributed by atoms with van der Waals surface area (Å²) < 4.78 is 7.02. The fourth-order valence-corrected chi connectivity index (χ4v) is 5.18. The largest absolute Gasteiger partial charge is 0.488 e. The second-order valence-electron chi connectivity index (χ2n) is 5.52. The molecule has 3 aromatic heterocycles. The van der Waals surface area contributed by atoms with Gasteiger partial charge in [-0.3, -0.25) is 5.41 Å². The number of nitrogens with two attached hydrogens (primary N) is 1. The first kappa shape index (κ1) is 16.3. The third-order valence-electron chi connectivity index (χ3n) is 3.66. The second kappa shape index (κ2) is 6.59. The van der Waals surface area contributed by atoms with Crippen LogP contribution in [-0.2, 0) is 6.61 Å². The van der Waals surface area contributed by atoms with E-state index in [1.165, 1.54) is 26.0 Å². The van der Waals surface area contributed by atoms with Gasteiger partial charge in [0.1, 0.15) is 18.2 Å². The van der Waals surface area contributed by atoms with E-state index < -0.39 is 0 Å². The zero-order valence-corrected chi connectivity index (χ0v) is 15.9. The first-order valence-corrected chi connectivity index (χ1v) is 10.1. The number of nitrogens with zero attached hydrogens (tertiary/aromatic N) is 1. The average Bonchev–Trinajstić information content (AvgIpc) is 3.31. The number of ether oxygens (including phenoxy) is 1. The van der Waals surface area contributed by atoms with Gasteiger partial charge < -0.3 is 10.5 Å². The lowest BCUT2D eigenvalue weighted by molar-refractivity contribution is 0.310. The van der Waals surface area contributed by atoms with E-state index in [1.807, 2.05) is 37.4 Å². The predicted molar refractivity (Wildman–Crippen MR) is 107 cm³/mol. The Morgan fingerprint density at radius 1 is 1.12 bits per heavy atom. The minimum Gasteiger partial charge on any atom is -0.488 e. The molecule has 126 valence electrons. The van der Waals surface area contributed by atoms with Crippen molar-refractivity contribution in [3.63, 3.8) is 0 Å². The molecule has 0 bridgehead atoms. The quantitative estimate of drug-likeness (QED) is 0.364. The fraction of sp³-hybridized carbons (Fsp3) is 0.111. The van der Waals surface area contributed by atoms with Gasteiger partial charge in [-0.05, 0) is 48.7 Å². The van der Waals surface area contributed by atoms with E-state index in [-0.39, 0.29) is 5.84 Å². The highest BCUT2D eigenvalue weighted by molar-refractivity contribution is 7.22. The maximum absolute atomic E-state index is 7.54. The van der Waals surface area contributed by atoms with E-state index in [0.29, 0.717) is 6.61 Å². The summed E-state index contributed by atoms with van der Waals surface area (Å²) >= 11 is 4.95. The van der Waals surface area contributed by atoms with Crippen molar-refractivity contribution in [2.45, 2.75) is 13.5 Å². The number of nitrogen functional groups attached to an aromatic ring is 1. The Morgan fingerprint density at radius 3 is 2.76 bits per heavy atom. The molecule has 7 heteroatoms. The smallest absolute Gasteiger partial charge is 0.133 e. The van der Waals surface area contributed by atoms with Gasteiger partial charge >= 0.3 is 0 Å². The molecule has 0 aliphatic carbocycles. The molecule has 0 aliphatic heterocycles. The first-order valence-electron chi connectivity index (χ1n) is 7.61. The lowest BCUT2D eigenvalue weighted by atomic mass is 10.2. The molecule has 0 fully saturated rings. The van der Waals surface area contributed by atoms with Crippen molar-refractivity contribution in [1.29, 1.82) is 5.41 Å². The maximum atomic E-state index is 7.54. The Morgan fingerprint density at radius 2 is 2.00 bits per heavy atom. The molecule has 0 atom stereocenters. The number of amidine groups is 1. The number of fused-ring (bicyclic) bond motifs is 1. The van der Waals surface area contributed by atoms with E-state index in [4.69, 9.17) is 15.9 Å². The minimum absolute atomic E-state index is 0.105. The monoisotopic (exact) mass is 385 g/mol. The van der Waals surface area contributed by atoms with Gasteiger partial charge in [0.25, 0.3) is 0 Å². The van der Waals surface area contributed by atoms with Gasteiger partial charge in [0.2, 0.25) is 0 Å². The number of thiophene rings is 2. The van der Waals surface area contributed by atoms with E-state index in [2.05, 4.69) is 17.1 Å². The molecule has 0 saturated heterocycles. The summed E-state index contributed by atoms with van der Waals surface area (Å²) in [6, 6.07) is 12.1. The van der Waals surface area contributed by atoms with E-state index >= 15 is 0 Å². The number of nitrogens with one attached hydrogen (secondary N) is 1. The lowest BCUT2D eigenvalue weighted by Gasteiger charge is -2.04. The molecule has 4 nitrogen and oxygen atoms in total. The zero-order chi connectivity index (χ0) is 17.4. The summed E-state index contributed by atoms with van der Waals surface area (Å²) in [7, 11) is 0. The van der Waals surface area contributed by atoms with E-state index in [1.54, 1.807) is 22.7 Å². The number of benzene rings is 1. The second-order valence-corrected chi connectivity index (χ2v) is 9.01. The van der Waals surface area contributed by atoms with Crippen LogP contribution >= 0.6 is 34.0 Å². The van der Waals surface area contributed by atoms with Crippen LogP contribution in [0.3, 0.4) is 0 Å². The molecule has 3 heterocycles. The van der Waals surface area contributed by atoms with E-state index in [9.17, 15) is 0 Å². The zero-order valence-electron chi connectivity index (χ0n) is 13.4. The minimum atomic E-state index is 0.105. The molecule has 0 saturated carbocycles. The number of thiazole rings is 1. The van der Waals surface area contributed by atoms with Gasteiger partial charge in [0.05, 0.1) is 14.8 Å². The normalized spacial score (nSPS) is 11.1. The number of hydrogen-bond acceptors (Lipinski definition) is 6. The van der Waals surface area contributed by atoms with Crippen molar-refractivity contribution in [1.82, 2.24) is 4.98 Å². The fourth-order valence-electron chi connectivity index (χ4n) is 2.45. The van der Waals surface area contributed by atoms with Crippen molar-refractivity contribution in [3.8, 4) is 15.5 Å². The van der Waals surface area contributed by atoms with Crippen molar-refractivity contribution in [3.05, 3.63) is 57.4 Å². The lowest BCUT2D eigenvalue weighted by Crippen LogP contribution is -2.08. The van der Waals surface area contributed by atoms with Crippen molar-refractivity contribution in [2.75, 3.05) is 0 Å². The van der Waals surface area contributed by atoms with Crippen LogP contribution in [0.2, 0.25) is 0 Å². The molecule has 4 aromatic rings. The van der Waals surface area contributed by atoms with Crippen LogP contribution in [-0.4, -0.2) is 10.8 Å². The van der Waals surface area contributed by atoms with Crippen LogP contribution in [0.4, 0.5) is 0 Å².